The van der Waals surface area contributed by atoms with E-state index >= 15 is 0 Å². The van der Waals surface area contributed by atoms with Gasteiger partial charge in [0.05, 0.1) is 5.60 Å². The highest BCUT2D eigenvalue weighted by atomic mass is 32.2. The van der Waals surface area contributed by atoms with Crippen molar-refractivity contribution in [1.29, 1.82) is 0 Å². The molecule has 0 amide bonds. The highest BCUT2D eigenvalue weighted by molar-refractivity contribution is 7.99. The van der Waals surface area contributed by atoms with Crippen molar-refractivity contribution in [2.75, 3.05) is 24.7 Å². The van der Waals surface area contributed by atoms with Gasteiger partial charge in [-0.3, -0.25) is 0 Å². The van der Waals surface area contributed by atoms with Crippen LogP contribution in [0.15, 0.2) is 0 Å². The highest BCUT2D eigenvalue weighted by Crippen LogP contribution is 2.38. The van der Waals surface area contributed by atoms with E-state index in [0.29, 0.717) is 24.6 Å². The van der Waals surface area contributed by atoms with Gasteiger partial charge in [0.25, 0.3) is 0 Å². The molecule has 2 aliphatic heterocycles. The number of hydrogen-bond donors (Lipinski definition) is 2. The number of thioether (sulfide) groups is 1. The van der Waals surface area contributed by atoms with Crippen molar-refractivity contribution in [2.24, 2.45) is 5.92 Å². The average Bonchev–Trinajstić information content (AvgIpc) is 2.87. The first-order valence-electron chi connectivity index (χ1n) is 7.90. The second-order valence-electron chi connectivity index (χ2n) is 6.48. The van der Waals surface area contributed by atoms with Gasteiger partial charge in [0.1, 0.15) is 0 Å². The Bertz CT molecular complexity index is 288. The summed E-state index contributed by atoms with van der Waals surface area (Å²) in [7, 11) is 0. The van der Waals surface area contributed by atoms with Gasteiger partial charge in [-0.05, 0) is 55.9 Å². The normalized spacial score (nSPS) is 38.7. The summed E-state index contributed by atoms with van der Waals surface area (Å²) in [5.41, 5.74) is 0.175. The third-order valence-electron chi connectivity index (χ3n) is 5.24. The van der Waals surface area contributed by atoms with E-state index in [9.17, 15) is 5.11 Å². The molecule has 0 aromatic heterocycles. The van der Waals surface area contributed by atoms with E-state index in [1.54, 1.807) is 0 Å². The molecule has 1 spiro atoms. The van der Waals surface area contributed by atoms with Crippen LogP contribution in [0.4, 0.5) is 0 Å². The molecule has 0 aromatic carbocycles. The van der Waals surface area contributed by atoms with Crippen molar-refractivity contribution in [3.8, 4) is 0 Å². The number of aliphatic hydroxyl groups is 1. The Balaban J connectivity index is 1.56. The van der Waals surface area contributed by atoms with Crippen molar-refractivity contribution in [1.82, 2.24) is 5.32 Å². The minimum Gasteiger partial charge on any atom is -0.396 e. The fourth-order valence-electron chi connectivity index (χ4n) is 4.04. The van der Waals surface area contributed by atoms with E-state index < -0.39 is 0 Å². The lowest BCUT2D eigenvalue weighted by Gasteiger charge is -2.44. The van der Waals surface area contributed by atoms with Gasteiger partial charge in [0.2, 0.25) is 0 Å². The van der Waals surface area contributed by atoms with Crippen molar-refractivity contribution >= 4 is 11.8 Å². The predicted molar refractivity (Wildman–Crippen MR) is 79.6 cm³/mol. The molecule has 1 saturated carbocycles. The molecule has 0 radical (unpaired) electrons. The first kappa shape index (κ1) is 14.2. The van der Waals surface area contributed by atoms with Crippen molar-refractivity contribution in [3.05, 3.63) is 0 Å². The maximum Gasteiger partial charge on any atom is 0.0713 e. The van der Waals surface area contributed by atoms with Crippen LogP contribution in [-0.4, -0.2) is 47.5 Å². The number of ether oxygens (including phenoxy) is 1. The molecule has 2 heterocycles. The van der Waals surface area contributed by atoms with Gasteiger partial charge in [-0.25, -0.2) is 0 Å². The zero-order chi connectivity index (χ0) is 13.1. The first-order chi connectivity index (χ1) is 9.31. The van der Waals surface area contributed by atoms with Crippen LogP contribution in [0.3, 0.4) is 0 Å². The standard InChI is InChI=1S/C15H27NO2S/c17-11-12-2-1-3-14(12)16-13-4-7-18-15(10-13)5-8-19-9-6-15/h12-14,16-17H,1-11H2. The Labute approximate surface area is 120 Å². The molecule has 110 valence electrons. The zero-order valence-electron chi connectivity index (χ0n) is 11.8. The van der Waals surface area contributed by atoms with Gasteiger partial charge < -0.3 is 15.2 Å². The summed E-state index contributed by atoms with van der Waals surface area (Å²) in [5.74, 6) is 3.01. The monoisotopic (exact) mass is 285 g/mol. The number of aliphatic hydroxyl groups excluding tert-OH is 1. The maximum absolute atomic E-state index is 9.44. The molecule has 2 N–H and O–H groups in total. The van der Waals surface area contributed by atoms with Crippen molar-refractivity contribution in [3.63, 3.8) is 0 Å². The molecule has 3 aliphatic rings. The minimum absolute atomic E-state index is 0.175. The lowest BCUT2D eigenvalue weighted by atomic mass is 9.85. The van der Waals surface area contributed by atoms with E-state index in [1.165, 1.54) is 50.0 Å². The maximum atomic E-state index is 9.44. The van der Waals surface area contributed by atoms with Gasteiger partial charge in [0, 0.05) is 25.3 Å². The van der Waals surface area contributed by atoms with E-state index in [1.807, 2.05) is 0 Å². The van der Waals surface area contributed by atoms with Gasteiger partial charge in [-0.1, -0.05) is 6.42 Å². The van der Waals surface area contributed by atoms with Crippen molar-refractivity contribution in [2.45, 2.75) is 62.6 Å². The molecule has 3 nitrogen and oxygen atoms in total. The summed E-state index contributed by atoms with van der Waals surface area (Å²) in [4.78, 5) is 0. The molecular formula is C15H27NO2S. The SMILES string of the molecule is OCC1CCCC1NC1CCOC2(CCSCC2)C1. The average molecular weight is 285 g/mol. The van der Waals surface area contributed by atoms with E-state index in [0.717, 1.165) is 13.0 Å². The van der Waals surface area contributed by atoms with Crippen LogP contribution < -0.4 is 5.32 Å². The predicted octanol–water partition coefficient (Wildman–Crippen LogP) is 2.18. The number of nitrogens with one attached hydrogen (secondary N) is 1. The molecule has 0 aromatic rings. The fourth-order valence-corrected chi connectivity index (χ4v) is 5.28. The minimum atomic E-state index is 0.175. The molecule has 3 atom stereocenters. The highest BCUT2D eigenvalue weighted by Gasteiger charge is 2.40. The number of rotatable bonds is 3. The van der Waals surface area contributed by atoms with Crippen molar-refractivity contribution < 1.29 is 9.84 Å². The van der Waals surface area contributed by atoms with Crippen LogP contribution in [0.5, 0.6) is 0 Å². The van der Waals surface area contributed by atoms with Crippen LogP contribution in [0.1, 0.15) is 44.9 Å². The van der Waals surface area contributed by atoms with Crippen LogP contribution in [-0.2, 0) is 4.74 Å². The van der Waals surface area contributed by atoms with Gasteiger partial charge in [-0.2, -0.15) is 11.8 Å². The van der Waals surface area contributed by atoms with E-state index in [-0.39, 0.29) is 5.60 Å². The summed E-state index contributed by atoms with van der Waals surface area (Å²) in [6.07, 6.45) is 8.48. The van der Waals surface area contributed by atoms with Crippen LogP contribution in [0.2, 0.25) is 0 Å². The second kappa shape index (κ2) is 6.33. The van der Waals surface area contributed by atoms with Gasteiger partial charge in [-0.15, -0.1) is 0 Å². The quantitative estimate of drug-likeness (QED) is 0.834. The largest absolute Gasteiger partial charge is 0.396 e. The second-order valence-corrected chi connectivity index (χ2v) is 7.71. The molecule has 3 fully saturated rings. The lowest BCUT2D eigenvalue weighted by Crippen LogP contribution is -2.52. The topological polar surface area (TPSA) is 41.5 Å². The van der Waals surface area contributed by atoms with Gasteiger partial charge >= 0.3 is 0 Å². The summed E-state index contributed by atoms with van der Waals surface area (Å²) < 4.78 is 6.15. The smallest absolute Gasteiger partial charge is 0.0713 e. The lowest BCUT2D eigenvalue weighted by molar-refractivity contribution is -0.0947. The Morgan fingerprint density at radius 1 is 1.21 bits per heavy atom. The van der Waals surface area contributed by atoms with Crippen LogP contribution in [0, 0.1) is 5.92 Å². The molecule has 3 rings (SSSR count). The third-order valence-corrected chi connectivity index (χ3v) is 6.23. The molecule has 3 unspecified atom stereocenters. The van der Waals surface area contributed by atoms with Crippen LogP contribution >= 0.6 is 11.8 Å². The van der Waals surface area contributed by atoms with Gasteiger partial charge in [0.15, 0.2) is 0 Å². The molecule has 4 heteroatoms. The zero-order valence-corrected chi connectivity index (χ0v) is 12.6. The molecule has 19 heavy (non-hydrogen) atoms. The molecule has 2 saturated heterocycles. The molecule has 0 bridgehead atoms. The Kier molecular flexibility index (Phi) is 4.73. The van der Waals surface area contributed by atoms with Crippen LogP contribution in [0.25, 0.3) is 0 Å². The molecular weight excluding hydrogens is 258 g/mol. The Morgan fingerprint density at radius 3 is 2.84 bits per heavy atom. The van der Waals surface area contributed by atoms with E-state index in [4.69, 9.17) is 4.74 Å². The molecule has 1 aliphatic carbocycles. The summed E-state index contributed by atoms with van der Waals surface area (Å²) >= 11 is 2.07. The first-order valence-corrected chi connectivity index (χ1v) is 9.05. The van der Waals surface area contributed by atoms with E-state index in [2.05, 4.69) is 17.1 Å². The summed E-state index contributed by atoms with van der Waals surface area (Å²) in [6.45, 7) is 1.27. The fraction of sp³-hybridized carbons (Fsp3) is 1.00. The summed E-state index contributed by atoms with van der Waals surface area (Å²) in [6, 6.07) is 1.15. The summed E-state index contributed by atoms with van der Waals surface area (Å²) in [5, 5.41) is 13.3. The number of hydrogen-bond acceptors (Lipinski definition) is 4. The third kappa shape index (κ3) is 3.29. The Hall–Kier alpha value is 0.230. The Morgan fingerprint density at radius 2 is 2.05 bits per heavy atom.